The van der Waals surface area contributed by atoms with Gasteiger partial charge >= 0.3 is 0 Å². The van der Waals surface area contributed by atoms with Crippen molar-refractivity contribution in [2.24, 2.45) is 0 Å². The molecule has 106 valence electrons. The molecule has 3 rings (SSSR count). The van der Waals surface area contributed by atoms with Crippen molar-refractivity contribution >= 4 is 26.8 Å². The number of hydrogen-bond donors (Lipinski definition) is 1. The van der Waals surface area contributed by atoms with Crippen LogP contribution < -0.4 is 0 Å². The van der Waals surface area contributed by atoms with Crippen molar-refractivity contribution in [1.29, 1.82) is 0 Å². The molecular weight excluding hydrogens is 333 g/mol. The molecule has 1 N–H and O–H groups in total. The van der Waals surface area contributed by atoms with Gasteiger partial charge in [-0.1, -0.05) is 34.1 Å². The molecule has 1 atom stereocenters. The van der Waals surface area contributed by atoms with Gasteiger partial charge in [0.2, 0.25) is 0 Å². The molecule has 2 nitrogen and oxygen atoms in total. The molecule has 0 aliphatic heterocycles. The lowest BCUT2D eigenvalue weighted by molar-refractivity contribution is 0.179. The van der Waals surface area contributed by atoms with Crippen molar-refractivity contribution in [1.82, 2.24) is 4.98 Å². The summed E-state index contributed by atoms with van der Waals surface area (Å²) in [6, 6.07) is 14.0. The second kappa shape index (κ2) is 5.92. The highest BCUT2D eigenvalue weighted by molar-refractivity contribution is 9.10. The van der Waals surface area contributed by atoms with E-state index in [0.29, 0.717) is 6.42 Å². The smallest absolute Gasteiger partial charge is 0.123 e. The van der Waals surface area contributed by atoms with Crippen molar-refractivity contribution in [3.8, 4) is 0 Å². The van der Waals surface area contributed by atoms with Gasteiger partial charge in [-0.25, -0.2) is 4.39 Å². The van der Waals surface area contributed by atoms with Gasteiger partial charge in [-0.3, -0.25) is 4.98 Å². The molecule has 0 saturated heterocycles. The molecule has 3 aromatic rings. The zero-order valence-electron chi connectivity index (χ0n) is 11.1. The van der Waals surface area contributed by atoms with Crippen LogP contribution in [-0.2, 0) is 6.42 Å². The van der Waals surface area contributed by atoms with Crippen LogP contribution in [0.4, 0.5) is 4.39 Å². The van der Waals surface area contributed by atoms with E-state index in [4.69, 9.17) is 0 Å². The predicted molar refractivity (Wildman–Crippen MR) is 84.5 cm³/mol. The Bertz CT molecular complexity index is 785. The fourth-order valence-electron chi connectivity index (χ4n) is 2.43. The van der Waals surface area contributed by atoms with Crippen LogP contribution in [0.2, 0.25) is 0 Å². The summed E-state index contributed by atoms with van der Waals surface area (Å²) >= 11 is 3.39. The van der Waals surface area contributed by atoms with E-state index in [2.05, 4.69) is 20.9 Å². The Hall–Kier alpha value is -1.78. The first-order valence-electron chi connectivity index (χ1n) is 6.61. The maximum Gasteiger partial charge on any atom is 0.123 e. The third-order valence-corrected chi connectivity index (χ3v) is 4.24. The first-order chi connectivity index (χ1) is 10.1. The van der Waals surface area contributed by atoms with Crippen molar-refractivity contribution < 1.29 is 9.50 Å². The molecule has 1 aromatic heterocycles. The molecule has 0 radical (unpaired) electrons. The van der Waals surface area contributed by atoms with Crippen molar-refractivity contribution in [3.63, 3.8) is 0 Å². The van der Waals surface area contributed by atoms with Crippen LogP contribution in [-0.4, -0.2) is 10.1 Å². The van der Waals surface area contributed by atoms with Gasteiger partial charge in [-0.05, 0) is 41.5 Å². The van der Waals surface area contributed by atoms with Gasteiger partial charge in [-0.15, -0.1) is 0 Å². The van der Waals surface area contributed by atoms with Crippen LogP contribution in [0.15, 0.2) is 59.2 Å². The van der Waals surface area contributed by atoms with Gasteiger partial charge in [-0.2, -0.15) is 0 Å². The number of rotatable bonds is 3. The van der Waals surface area contributed by atoms with Crippen LogP contribution in [0, 0.1) is 5.82 Å². The van der Waals surface area contributed by atoms with E-state index in [1.807, 2.05) is 24.3 Å². The number of hydrogen-bond acceptors (Lipinski definition) is 2. The highest BCUT2D eigenvalue weighted by atomic mass is 79.9. The van der Waals surface area contributed by atoms with Gasteiger partial charge < -0.3 is 5.11 Å². The molecule has 0 amide bonds. The molecule has 1 heterocycles. The normalized spacial score (nSPS) is 12.5. The average Bonchev–Trinajstić information content (AvgIpc) is 2.50. The Balaban J connectivity index is 1.97. The van der Waals surface area contributed by atoms with Gasteiger partial charge in [0.05, 0.1) is 11.6 Å². The number of aliphatic hydroxyl groups excluding tert-OH is 1. The lowest BCUT2D eigenvalue weighted by Crippen LogP contribution is -2.04. The predicted octanol–water partition coefficient (Wildman–Crippen LogP) is 4.41. The molecule has 0 spiro atoms. The molecule has 4 heteroatoms. The minimum absolute atomic E-state index is 0.306. The van der Waals surface area contributed by atoms with Gasteiger partial charge in [0.25, 0.3) is 0 Å². The Morgan fingerprint density at radius 2 is 1.95 bits per heavy atom. The third kappa shape index (κ3) is 2.96. The SMILES string of the molecule is OC(Cc1cc(F)ccc1Br)c1ccnc2ccccc12. The summed E-state index contributed by atoms with van der Waals surface area (Å²) in [6.07, 6.45) is 1.31. The van der Waals surface area contributed by atoms with Crippen LogP contribution in [0.5, 0.6) is 0 Å². The quantitative estimate of drug-likeness (QED) is 0.762. The summed E-state index contributed by atoms with van der Waals surface area (Å²) in [7, 11) is 0. The number of fused-ring (bicyclic) bond motifs is 1. The minimum Gasteiger partial charge on any atom is -0.388 e. The summed E-state index contributed by atoms with van der Waals surface area (Å²) in [6.45, 7) is 0. The van der Waals surface area contributed by atoms with Crippen molar-refractivity contribution in [3.05, 3.63) is 76.1 Å². The number of pyridine rings is 1. The van der Waals surface area contributed by atoms with Gasteiger partial charge in [0.15, 0.2) is 0 Å². The van der Waals surface area contributed by atoms with Crippen molar-refractivity contribution in [2.45, 2.75) is 12.5 Å². The summed E-state index contributed by atoms with van der Waals surface area (Å²) in [5.41, 5.74) is 2.38. The number of nitrogens with zero attached hydrogens (tertiary/aromatic N) is 1. The zero-order chi connectivity index (χ0) is 14.8. The Morgan fingerprint density at radius 3 is 2.81 bits per heavy atom. The van der Waals surface area contributed by atoms with E-state index >= 15 is 0 Å². The second-order valence-electron chi connectivity index (χ2n) is 4.87. The van der Waals surface area contributed by atoms with Crippen LogP contribution in [0.25, 0.3) is 10.9 Å². The Kier molecular flexibility index (Phi) is 3.99. The van der Waals surface area contributed by atoms with Crippen LogP contribution >= 0.6 is 15.9 Å². The van der Waals surface area contributed by atoms with E-state index in [1.54, 1.807) is 18.3 Å². The molecule has 0 aliphatic rings. The summed E-state index contributed by atoms with van der Waals surface area (Å²) < 4.78 is 14.1. The summed E-state index contributed by atoms with van der Waals surface area (Å²) in [5.74, 6) is -0.306. The number of aliphatic hydroxyl groups is 1. The van der Waals surface area contributed by atoms with Gasteiger partial charge in [0, 0.05) is 22.5 Å². The number of benzene rings is 2. The Labute approximate surface area is 130 Å². The molecule has 0 saturated carbocycles. The maximum absolute atomic E-state index is 13.3. The molecular formula is C17H13BrFNO. The van der Waals surface area contributed by atoms with E-state index in [0.717, 1.165) is 26.5 Å². The second-order valence-corrected chi connectivity index (χ2v) is 5.73. The van der Waals surface area contributed by atoms with E-state index in [-0.39, 0.29) is 5.82 Å². The molecule has 0 aliphatic carbocycles. The molecule has 21 heavy (non-hydrogen) atoms. The minimum atomic E-state index is -0.712. The monoisotopic (exact) mass is 345 g/mol. The summed E-state index contributed by atoms with van der Waals surface area (Å²) in [5, 5.41) is 11.4. The zero-order valence-corrected chi connectivity index (χ0v) is 12.7. The van der Waals surface area contributed by atoms with Crippen molar-refractivity contribution in [2.75, 3.05) is 0 Å². The average molecular weight is 346 g/mol. The molecule has 2 aromatic carbocycles. The standard InChI is InChI=1S/C17H13BrFNO/c18-15-6-5-12(19)9-11(15)10-17(21)14-7-8-20-16-4-2-1-3-13(14)16/h1-9,17,21H,10H2. The third-order valence-electron chi connectivity index (χ3n) is 3.46. The number of aromatic nitrogens is 1. The lowest BCUT2D eigenvalue weighted by Gasteiger charge is -2.14. The maximum atomic E-state index is 13.3. The highest BCUT2D eigenvalue weighted by Gasteiger charge is 2.14. The van der Waals surface area contributed by atoms with Crippen LogP contribution in [0.1, 0.15) is 17.2 Å². The molecule has 0 fully saturated rings. The fourth-order valence-corrected chi connectivity index (χ4v) is 2.84. The topological polar surface area (TPSA) is 33.1 Å². The molecule has 1 unspecified atom stereocenters. The molecule has 0 bridgehead atoms. The van der Waals surface area contributed by atoms with E-state index in [1.165, 1.54) is 12.1 Å². The first-order valence-corrected chi connectivity index (χ1v) is 7.40. The highest BCUT2D eigenvalue weighted by Crippen LogP contribution is 2.28. The number of para-hydroxylation sites is 1. The fraction of sp³-hybridized carbons (Fsp3) is 0.118. The first kappa shape index (κ1) is 14.2. The largest absolute Gasteiger partial charge is 0.388 e. The number of halogens is 2. The van der Waals surface area contributed by atoms with Gasteiger partial charge in [0.1, 0.15) is 5.82 Å². The van der Waals surface area contributed by atoms with Crippen LogP contribution in [0.3, 0.4) is 0 Å². The lowest BCUT2D eigenvalue weighted by atomic mass is 9.98. The summed E-state index contributed by atoms with van der Waals surface area (Å²) in [4.78, 5) is 4.28. The van der Waals surface area contributed by atoms with E-state index in [9.17, 15) is 9.50 Å². The Morgan fingerprint density at radius 1 is 1.14 bits per heavy atom. The van der Waals surface area contributed by atoms with E-state index < -0.39 is 6.10 Å².